The number of benzene rings is 9. The van der Waals surface area contributed by atoms with Gasteiger partial charge >= 0.3 is 0 Å². The molecule has 11 aromatic rings. The third-order valence-corrected chi connectivity index (χ3v) is 14.1. The quantitative estimate of drug-likeness (QED) is 0.174. The van der Waals surface area contributed by atoms with Gasteiger partial charge in [0.2, 0.25) is 0 Å². The van der Waals surface area contributed by atoms with Crippen molar-refractivity contribution in [1.29, 1.82) is 0 Å². The molecule has 0 radical (unpaired) electrons. The van der Waals surface area contributed by atoms with Crippen molar-refractivity contribution in [3.8, 4) is 78.7 Å². The summed E-state index contributed by atoms with van der Waals surface area (Å²) in [6.45, 7) is 0. The van der Waals surface area contributed by atoms with Crippen LogP contribution in [0.1, 0.15) is 22.3 Å². The fourth-order valence-electron chi connectivity index (χ4n) is 10.3. The van der Waals surface area contributed by atoms with E-state index in [4.69, 9.17) is 15.0 Å². The standard InChI is InChI=1S/C58H35N3S/c1-2-14-37(15-3-1)55-59-56(38-30-28-36(29-31-38)42-22-13-27-53-54(42)46-21-7-11-26-52(46)62-53)61-57(60-55)41-17-12-16-39(34-41)40-32-33-51-47(35-40)45-20-6-10-25-50(45)58(51)48-23-8-4-18-43(48)44-19-5-9-24-49(44)58/h1-35H. The van der Waals surface area contributed by atoms with Crippen molar-refractivity contribution in [2.24, 2.45) is 0 Å². The molecule has 288 valence electrons. The molecule has 13 rings (SSSR count). The molecule has 0 unspecified atom stereocenters. The summed E-state index contributed by atoms with van der Waals surface area (Å²) < 4.78 is 2.60. The van der Waals surface area contributed by atoms with Gasteiger partial charge in [-0.25, -0.2) is 15.0 Å². The summed E-state index contributed by atoms with van der Waals surface area (Å²) in [5.41, 5.74) is 17.7. The highest BCUT2D eigenvalue weighted by Gasteiger charge is 2.51. The fourth-order valence-corrected chi connectivity index (χ4v) is 11.4. The number of fused-ring (bicyclic) bond motifs is 13. The largest absolute Gasteiger partial charge is 0.208 e. The van der Waals surface area contributed by atoms with Gasteiger partial charge in [-0.2, -0.15) is 0 Å². The van der Waals surface area contributed by atoms with Crippen LogP contribution in [0.15, 0.2) is 212 Å². The van der Waals surface area contributed by atoms with Crippen LogP contribution in [0.4, 0.5) is 0 Å². The zero-order valence-corrected chi connectivity index (χ0v) is 34.3. The van der Waals surface area contributed by atoms with Crippen LogP contribution in [0.5, 0.6) is 0 Å². The Hall–Kier alpha value is -7.79. The molecule has 2 heterocycles. The van der Waals surface area contributed by atoms with Crippen LogP contribution in [0.2, 0.25) is 0 Å². The summed E-state index contributed by atoms with van der Waals surface area (Å²) in [6.07, 6.45) is 0. The van der Waals surface area contributed by atoms with Gasteiger partial charge in [0.05, 0.1) is 5.41 Å². The number of hydrogen-bond acceptors (Lipinski definition) is 4. The number of aromatic nitrogens is 3. The number of nitrogens with zero attached hydrogens (tertiary/aromatic N) is 3. The Morgan fingerprint density at radius 2 is 0.742 bits per heavy atom. The first kappa shape index (κ1) is 35.0. The molecule has 0 aliphatic heterocycles. The predicted molar refractivity (Wildman–Crippen MR) is 256 cm³/mol. The van der Waals surface area contributed by atoms with Crippen LogP contribution < -0.4 is 0 Å². The van der Waals surface area contributed by atoms with Gasteiger partial charge in [0, 0.05) is 36.9 Å². The molecule has 1 spiro atoms. The van der Waals surface area contributed by atoms with Gasteiger partial charge in [0.25, 0.3) is 0 Å². The van der Waals surface area contributed by atoms with Crippen molar-refractivity contribution in [3.63, 3.8) is 0 Å². The van der Waals surface area contributed by atoms with Crippen molar-refractivity contribution in [2.75, 3.05) is 0 Å². The van der Waals surface area contributed by atoms with Crippen molar-refractivity contribution in [3.05, 3.63) is 235 Å². The molecule has 4 heteroatoms. The third-order valence-electron chi connectivity index (χ3n) is 13.0. The summed E-state index contributed by atoms with van der Waals surface area (Å²) in [5.74, 6) is 1.92. The zero-order valence-electron chi connectivity index (χ0n) is 33.5. The maximum absolute atomic E-state index is 5.18. The molecule has 0 saturated carbocycles. The minimum Gasteiger partial charge on any atom is -0.208 e. The minimum atomic E-state index is -0.363. The number of thiophene rings is 1. The van der Waals surface area contributed by atoms with E-state index in [1.54, 1.807) is 0 Å². The van der Waals surface area contributed by atoms with Gasteiger partial charge in [-0.15, -0.1) is 11.3 Å². The summed E-state index contributed by atoms with van der Waals surface area (Å²) in [4.78, 5) is 15.4. The lowest BCUT2D eigenvalue weighted by Crippen LogP contribution is -2.25. The van der Waals surface area contributed by atoms with Crippen LogP contribution in [-0.2, 0) is 5.41 Å². The van der Waals surface area contributed by atoms with E-state index in [9.17, 15) is 0 Å². The van der Waals surface area contributed by atoms with Gasteiger partial charge in [-0.05, 0) is 91.0 Å². The lowest BCUT2D eigenvalue weighted by Gasteiger charge is -2.30. The smallest absolute Gasteiger partial charge is 0.164 e. The third kappa shape index (κ3) is 5.14. The maximum Gasteiger partial charge on any atom is 0.164 e. The van der Waals surface area contributed by atoms with Gasteiger partial charge < -0.3 is 0 Å². The summed E-state index contributed by atoms with van der Waals surface area (Å²) in [7, 11) is 0. The van der Waals surface area contributed by atoms with Gasteiger partial charge in [-0.1, -0.05) is 188 Å². The van der Waals surface area contributed by atoms with Crippen LogP contribution >= 0.6 is 11.3 Å². The van der Waals surface area contributed by atoms with E-state index >= 15 is 0 Å². The first-order chi connectivity index (χ1) is 30.7. The Balaban J connectivity index is 0.914. The minimum absolute atomic E-state index is 0.363. The van der Waals surface area contributed by atoms with Crippen molar-refractivity contribution in [1.82, 2.24) is 15.0 Å². The average molecular weight is 806 g/mol. The number of hydrogen-bond donors (Lipinski definition) is 0. The molecule has 2 aliphatic carbocycles. The van der Waals surface area contributed by atoms with Crippen LogP contribution in [0.25, 0.3) is 98.8 Å². The summed E-state index contributed by atoms with van der Waals surface area (Å²) in [5, 5.41) is 2.60. The Bertz CT molecular complexity index is 3540. The van der Waals surface area contributed by atoms with Crippen LogP contribution in [0, 0.1) is 0 Å². The molecular weight excluding hydrogens is 771 g/mol. The first-order valence-corrected chi connectivity index (χ1v) is 21.9. The predicted octanol–water partition coefficient (Wildman–Crippen LogP) is 14.9. The Morgan fingerprint density at radius 1 is 0.290 bits per heavy atom. The van der Waals surface area contributed by atoms with Crippen LogP contribution in [-0.4, -0.2) is 15.0 Å². The van der Waals surface area contributed by atoms with Crippen molar-refractivity contribution >= 4 is 31.5 Å². The molecule has 0 bridgehead atoms. The SMILES string of the molecule is c1ccc(-c2nc(-c3ccc(-c4cccc5sc6ccccc6c45)cc3)nc(-c3cccc(-c4ccc5c(c4)-c4ccccc4C54c5ccccc5-c5ccccc54)c3)n2)cc1. The second kappa shape index (κ2) is 13.6. The molecule has 2 aromatic heterocycles. The highest BCUT2D eigenvalue weighted by Crippen LogP contribution is 2.63. The fraction of sp³-hybridized carbons (Fsp3) is 0.0172. The second-order valence-corrected chi connectivity index (χ2v) is 17.3. The van der Waals surface area contributed by atoms with Crippen molar-refractivity contribution < 1.29 is 0 Å². The molecule has 0 N–H and O–H groups in total. The lowest BCUT2D eigenvalue weighted by atomic mass is 9.70. The highest BCUT2D eigenvalue weighted by molar-refractivity contribution is 7.25. The van der Waals surface area contributed by atoms with E-state index in [0.29, 0.717) is 17.5 Å². The molecule has 0 saturated heterocycles. The molecule has 62 heavy (non-hydrogen) atoms. The zero-order chi connectivity index (χ0) is 40.8. The van der Waals surface area contributed by atoms with E-state index in [1.807, 2.05) is 29.5 Å². The normalized spacial score (nSPS) is 13.0. The monoisotopic (exact) mass is 805 g/mol. The molecule has 9 aromatic carbocycles. The van der Waals surface area contributed by atoms with Crippen LogP contribution in [0.3, 0.4) is 0 Å². The Kier molecular flexibility index (Phi) is 7.69. The highest BCUT2D eigenvalue weighted by atomic mass is 32.1. The van der Waals surface area contributed by atoms with E-state index < -0.39 is 0 Å². The van der Waals surface area contributed by atoms with Gasteiger partial charge in [-0.3, -0.25) is 0 Å². The second-order valence-electron chi connectivity index (χ2n) is 16.3. The Labute approximate surface area is 363 Å². The van der Waals surface area contributed by atoms with E-state index in [-0.39, 0.29) is 5.41 Å². The molecule has 0 amide bonds. The summed E-state index contributed by atoms with van der Waals surface area (Å²) >= 11 is 1.84. The molecule has 0 fully saturated rings. The van der Waals surface area contributed by atoms with E-state index in [2.05, 4.69) is 194 Å². The first-order valence-electron chi connectivity index (χ1n) is 21.1. The van der Waals surface area contributed by atoms with E-state index in [0.717, 1.165) is 33.4 Å². The maximum atomic E-state index is 5.18. The van der Waals surface area contributed by atoms with Crippen molar-refractivity contribution in [2.45, 2.75) is 5.41 Å². The lowest BCUT2D eigenvalue weighted by molar-refractivity contribution is 0.794. The average Bonchev–Trinajstić information content (AvgIpc) is 3.98. The Morgan fingerprint density at radius 3 is 1.45 bits per heavy atom. The molecule has 2 aliphatic rings. The number of rotatable bonds is 5. The molecule has 0 atom stereocenters. The summed E-state index contributed by atoms with van der Waals surface area (Å²) in [6, 6.07) is 76.7. The topological polar surface area (TPSA) is 38.7 Å². The van der Waals surface area contributed by atoms with Gasteiger partial charge in [0.15, 0.2) is 17.5 Å². The molecule has 3 nitrogen and oxygen atoms in total. The molecular formula is C58H35N3S. The van der Waals surface area contributed by atoms with Gasteiger partial charge in [0.1, 0.15) is 0 Å². The van der Waals surface area contributed by atoms with E-state index in [1.165, 1.54) is 70.2 Å².